The third kappa shape index (κ3) is 5.14. The zero-order chi connectivity index (χ0) is 11.6. The van der Waals surface area contributed by atoms with Crippen molar-refractivity contribution >= 4 is 28.3 Å². The maximum atomic E-state index is 5.00. The average molecular weight is 261 g/mol. The lowest BCUT2D eigenvalue weighted by atomic mass is 10.4. The first-order valence-electron chi connectivity index (χ1n) is 5.50. The quantitative estimate of drug-likeness (QED) is 0.692. The minimum atomic E-state index is 0.837. The molecule has 0 atom stereocenters. The molecule has 0 aliphatic heterocycles. The maximum absolute atomic E-state index is 5.00. The molecule has 92 valence electrons. The largest absolute Gasteiger partial charge is 0.385 e. The van der Waals surface area contributed by atoms with Crippen molar-refractivity contribution in [2.24, 2.45) is 0 Å². The van der Waals surface area contributed by atoms with E-state index in [1.165, 1.54) is 11.5 Å². The topological polar surface area (TPSA) is 47.0 Å². The second kappa shape index (κ2) is 8.78. The van der Waals surface area contributed by atoms with Crippen LogP contribution in [0.2, 0.25) is 0 Å². The zero-order valence-electron chi connectivity index (χ0n) is 9.86. The highest BCUT2D eigenvalue weighted by Crippen LogP contribution is 2.22. The van der Waals surface area contributed by atoms with Crippen molar-refractivity contribution in [1.29, 1.82) is 0 Å². The minimum Gasteiger partial charge on any atom is -0.385 e. The van der Waals surface area contributed by atoms with Gasteiger partial charge in [0, 0.05) is 37.5 Å². The van der Waals surface area contributed by atoms with E-state index >= 15 is 0 Å². The van der Waals surface area contributed by atoms with Gasteiger partial charge in [-0.1, -0.05) is 11.4 Å². The van der Waals surface area contributed by atoms with Crippen LogP contribution in [0.4, 0.5) is 5.00 Å². The number of methoxy groups -OCH3 is 1. The lowest BCUT2D eigenvalue weighted by Crippen LogP contribution is -2.00. The second-order valence-corrected chi connectivity index (χ2v) is 5.23. The van der Waals surface area contributed by atoms with E-state index < -0.39 is 0 Å². The van der Waals surface area contributed by atoms with Crippen molar-refractivity contribution in [1.82, 2.24) is 9.59 Å². The summed E-state index contributed by atoms with van der Waals surface area (Å²) < 4.78 is 8.99. The Balaban J connectivity index is 2.22. The van der Waals surface area contributed by atoms with Crippen LogP contribution in [0.15, 0.2) is 0 Å². The Bertz CT molecular complexity index is 281. The molecule has 0 aromatic carbocycles. The molecule has 0 aliphatic rings. The highest BCUT2D eigenvalue weighted by Gasteiger charge is 2.06. The van der Waals surface area contributed by atoms with Crippen molar-refractivity contribution in [3.8, 4) is 0 Å². The lowest BCUT2D eigenvalue weighted by molar-refractivity contribution is 0.200. The standard InChI is InChI=1S/C10H19N3OS2/c1-3-5-11-10-9(12-13-16-10)8-15-7-4-6-14-2/h11H,3-8H2,1-2H3. The molecule has 4 nitrogen and oxygen atoms in total. The maximum Gasteiger partial charge on any atom is 0.134 e. The van der Waals surface area contributed by atoms with Crippen molar-refractivity contribution in [2.75, 3.05) is 31.3 Å². The van der Waals surface area contributed by atoms with Crippen LogP contribution in [-0.4, -0.2) is 35.6 Å². The summed E-state index contributed by atoms with van der Waals surface area (Å²) in [6, 6.07) is 0. The molecule has 0 fully saturated rings. The molecule has 0 unspecified atom stereocenters. The van der Waals surface area contributed by atoms with Crippen molar-refractivity contribution in [2.45, 2.75) is 25.5 Å². The van der Waals surface area contributed by atoms with Gasteiger partial charge in [-0.25, -0.2) is 0 Å². The fraction of sp³-hybridized carbons (Fsp3) is 0.800. The molecule has 1 rings (SSSR count). The van der Waals surface area contributed by atoms with Gasteiger partial charge in [-0.3, -0.25) is 0 Å². The monoisotopic (exact) mass is 261 g/mol. The van der Waals surface area contributed by atoms with Crippen LogP contribution in [0.5, 0.6) is 0 Å². The van der Waals surface area contributed by atoms with Crippen LogP contribution in [0.1, 0.15) is 25.5 Å². The van der Waals surface area contributed by atoms with Crippen molar-refractivity contribution in [3.63, 3.8) is 0 Å². The van der Waals surface area contributed by atoms with Gasteiger partial charge >= 0.3 is 0 Å². The SMILES string of the molecule is CCCNc1snnc1CSCCCOC. The first-order chi connectivity index (χ1) is 7.88. The van der Waals surface area contributed by atoms with Gasteiger partial charge < -0.3 is 10.1 Å². The van der Waals surface area contributed by atoms with Crippen molar-refractivity contribution < 1.29 is 4.74 Å². The average Bonchev–Trinajstić information content (AvgIpc) is 2.74. The summed E-state index contributed by atoms with van der Waals surface area (Å²) in [5, 5.41) is 8.62. The zero-order valence-corrected chi connectivity index (χ0v) is 11.5. The Kier molecular flexibility index (Phi) is 7.54. The molecular formula is C10H19N3OS2. The van der Waals surface area contributed by atoms with Gasteiger partial charge in [0.1, 0.15) is 10.7 Å². The fourth-order valence-corrected chi connectivity index (χ4v) is 2.71. The van der Waals surface area contributed by atoms with E-state index in [0.29, 0.717) is 0 Å². The Morgan fingerprint density at radius 1 is 1.50 bits per heavy atom. The number of aromatic nitrogens is 2. The summed E-state index contributed by atoms with van der Waals surface area (Å²) in [6.07, 6.45) is 2.22. The molecule has 0 aliphatic carbocycles. The summed E-state index contributed by atoms with van der Waals surface area (Å²) in [7, 11) is 1.74. The Hall–Kier alpha value is -0.330. The molecule has 1 aromatic rings. The summed E-state index contributed by atoms with van der Waals surface area (Å²) in [5.74, 6) is 2.05. The smallest absolute Gasteiger partial charge is 0.134 e. The first-order valence-corrected chi connectivity index (χ1v) is 7.43. The molecule has 0 bridgehead atoms. The van der Waals surface area contributed by atoms with Crippen molar-refractivity contribution in [3.05, 3.63) is 5.69 Å². The third-order valence-electron chi connectivity index (χ3n) is 1.97. The number of hydrogen-bond donors (Lipinski definition) is 1. The van der Waals surface area contributed by atoms with Crippen LogP contribution < -0.4 is 5.32 Å². The lowest BCUT2D eigenvalue weighted by Gasteiger charge is -2.03. The number of ether oxygens (including phenoxy) is 1. The van der Waals surface area contributed by atoms with E-state index in [9.17, 15) is 0 Å². The highest BCUT2D eigenvalue weighted by atomic mass is 32.2. The van der Waals surface area contributed by atoms with E-state index in [2.05, 4.69) is 21.8 Å². The van der Waals surface area contributed by atoms with Crippen LogP contribution in [0, 0.1) is 0 Å². The molecule has 0 radical (unpaired) electrons. The van der Waals surface area contributed by atoms with Gasteiger partial charge in [0.2, 0.25) is 0 Å². The van der Waals surface area contributed by atoms with E-state index in [0.717, 1.165) is 48.2 Å². The van der Waals surface area contributed by atoms with E-state index in [-0.39, 0.29) is 0 Å². The highest BCUT2D eigenvalue weighted by molar-refractivity contribution is 7.98. The third-order valence-corrected chi connectivity index (χ3v) is 3.75. The van der Waals surface area contributed by atoms with Crippen LogP contribution in [0.3, 0.4) is 0 Å². The Morgan fingerprint density at radius 3 is 3.12 bits per heavy atom. The molecule has 1 N–H and O–H groups in total. The Labute approximate surface area is 105 Å². The second-order valence-electron chi connectivity index (χ2n) is 3.37. The molecule has 1 heterocycles. The molecule has 0 amide bonds. The van der Waals surface area contributed by atoms with E-state index in [4.69, 9.17) is 4.74 Å². The van der Waals surface area contributed by atoms with Gasteiger partial charge in [-0.05, 0) is 18.6 Å². The van der Waals surface area contributed by atoms with Crippen LogP contribution in [-0.2, 0) is 10.5 Å². The number of thioether (sulfide) groups is 1. The molecule has 16 heavy (non-hydrogen) atoms. The van der Waals surface area contributed by atoms with Crippen LogP contribution >= 0.6 is 23.3 Å². The van der Waals surface area contributed by atoms with Gasteiger partial charge in [0.25, 0.3) is 0 Å². The number of rotatable bonds is 9. The van der Waals surface area contributed by atoms with Gasteiger partial charge in [-0.2, -0.15) is 11.8 Å². The summed E-state index contributed by atoms with van der Waals surface area (Å²) in [4.78, 5) is 0. The molecule has 0 spiro atoms. The molecule has 6 heteroatoms. The van der Waals surface area contributed by atoms with Crippen LogP contribution in [0.25, 0.3) is 0 Å². The molecule has 0 saturated heterocycles. The van der Waals surface area contributed by atoms with E-state index in [1.54, 1.807) is 7.11 Å². The normalized spacial score (nSPS) is 10.6. The number of hydrogen-bond acceptors (Lipinski definition) is 6. The Morgan fingerprint density at radius 2 is 2.38 bits per heavy atom. The minimum absolute atomic E-state index is 0.837. The van der Waals surface area contributed by atoms with Gasteiger partial charge in [0.15, 0.2) is 0 Å². The molecular weight excluding hydrogens is 242 g/mol. The predicted octanol–water partition coefficient (Wildman–Crippen LogP) is 2.63. The summed E-state index contributed by atoms with van der Waals surface area (Å²) >= 11 is 3.33. The number of nitrogens with one attached hydrogen (secondary N) is 1. The first kappa shape index (κ1) is 13.7. The predicted molar refractivity (Wildman–Crippen MR) is 71.3 cm³/mol. The fourth-order valence-electron chi connectivity index (χ4n) is 1.15. The number of anilines is 1. The van der Waals surface area contributed by atoms with E-state index in [1.807, 2.05) is 11.8 Å². The number of nitrogens with zero attached hydrogens (tertiary/aromatic N) is 2. The van der Waals surface area contributed by atoms with Gasteiger partial charge in [0.05, 0.1) is 0 Å². The summed E-state index contributed by atoms with van der Waals surface area (Å²) in [5.41, 5.74) is 1.08. The van der Waals surface area contributed by atoms with Gasteiger partial charge in [-0.15, -0.1) is 5.10 Å². The molecule has 0 saturated carbocycles. The summed E-state index contributed by atoms with van der Waals surface area (Å²) in [6.45, 7) is 3.98. The molecule has 1 aromatic heterocycles.